The lowest BCUT2D eigenvalue weighted by Crippen LogP contribution is -2.43. The van der Waals surface area contributed by atoms with Gasteiger partial charge in [0.25, 0.3) is 0 Å². The van der Waals surface area contributed by atoms with Crippen molar-refractivity contribution in [3.63, 3.8) is 0 Å². The average molecular weight is 417 g/mol. The Bertz CT molecular complexity index is 788. The normalized spacial score (nSPS) is 19.8. The van der Waals surface area contributed by atoms with E-state index in [4.69, 9.17) is 5.73 Å². The van der Waals surface area contributed by atoms with Gasteiger partial charge in [0, 0.05) is 26.1 Å². The maximum atomic E-state index is 12.7. The maximum absolute atomic E-state index is 12.7. The summed E-state index contributed by atoms with van der Waals surface area (Å²) in [6.45, 7) is 2.40. The Morgan fingerprint density at radius 1 is 1.07 bits per heavy atom. The molecule has 2 amide bonds. The molecule has 1 saturated heterocycles. The van der Waals surface area contributed by atoms with E-state index in [9.17, 15) is 9.59 Å². The Balaban J connectivity index is 0.00000300. The van der Waals surface area contributed by atoms with E-state index in [2.05, 4.69) is 27.7 Å². The number of hydrogen-bond donors (Lipinski definition) is 3. The van der Waals surface area contributed by atoms with Crippen molar-refractivity contribution in [1.82, 2.24) is 15.5 Å². The van der Waals surface area contributed by atoms with Gasteiger partial charge in [-0.15, -0.1) is 12.4 Å². The summed E-state index contributed by atoms with van der Waals surface area (Å²) < 4.78 is 0. The monoisotopic (exact) mass is 416 g/mol. The molecular formula is C22H29ClN4O2. The summed E-state index contributed by atoms with van der Waals surface area (Å²) in [6, 6.07) is 18.9. The number of carbonyl (C=O) groups is 2. The number of rotatable bonds is 7. The van der Waals surface area contributed by atoms with Crippen LogP contribution in [0.3, 0.4) is 0 Å². The second-order valence-corrected chi connectivity index (χ2v) is 7.23. The van der Waals surface area contributed by atoms with Crippen LogP contribution in [0.5, 0.6) is 0 Å². The summed E-state index contributed by atoms with van der Waals surface area (Å²) in [7, 11) is 1.57. The molecule has 1 unspecified atom stereocenters. The van der Waals surface area contributed by atoms with Crippen LogP contribution in [0, 0.1) is 5.92 Å². The molecule has 0 aliphatic carbocycles. The molecule has 0 bridgehead atoms. The average Bonchev–Trinajstić information content (AvgIpc) is 3.15. The lowest BCUT2D eigenvalue weighted by atomic mass is 9.89. The van der Waals surface area contributed by atoms with Gasteiger partial charge in [0.05, 0.1) is 6.54 Å². The highest BCUT2D eigenvalue weighted by atomic mass is 35.5. The van der Waals surface area contributed by atoms with Crippen molar-refractivity contribution in [2.24, 2.45) is 11.7 Å². The summed E-state index contributed by atoms with van der Waals surface area (Å²) in [4.78, 5) is 27.1. The molecule has 0 radical (unpaired) electrons. The van der Waals surface area contributed by atoms with E-state index in [-0.39, 0.29) is 30.8 Å². The number of nitrogens with one attached hydrogen (secondary N) is 2. The number of carbonyl (C=O) groups excluding carboxylic acids is 2. The number of nitrogens with two attached hydrogens (primary N) is 1. The Labute approximate surface area is 178 Å². The molecule has 7 heteroatoms. The molecule has 2 aromatic rings. The molecule has 1 heterocycles. The molecular weight excluding hydrogens is 388 g/mol. The van der Waals surface area contributed by atoms with Crippen LogP contribution in [-0.4, -0.2) is 49.9 Å². The highest BCUT2D eigenvalue weighted by Gasteiger charge is 2.34. The van der Waals surface area contributed by atoms with Gasteiger partial charge in [-0.25, -0.2) is 0 Å². The summed E-state index contributed by atoms with van der Waals surface area (Å²) in [5.74, 6) is 0.242. The second kappa shape index (κ2) is 11.0. The van der Waals surface area contributed by atoms with Gasteiger partial charge in [0.2, 0.25) is 11.8 Å². The Morgan fingerprint density at radius 2 is 1.69 bits per heavy atom. The van der Waals surface area contributed by atoms with Crippen molar-refractivity contribution in [1.29, 1.82) is 0 Å². The van der Waals surface area contributed by atoms with Crippen LogP contribution in [0.1, 0.15) is 23.1 Å². The molecule has 0 saturated carbocycles. The zero-order chi connectivity index (χ0) is 19.9. The van der Waals surface area contributed by atoms with E-state index in [1.165, 1.54) is 5.56 Å². The van der Waals surface area contributed by atoms with Gasteiger partial charge in [-0.2, -0.15) is 0 Å². The van der Waals surface area contributed by atoms with E-state index in [1.54, 1.807) is 7.05 Å². The lowest BCUT2D eigenvalue weighted by Gasteiger charge is -2.20. The van der Waals surface area contributed by atoms with Crippen molar-refractivity contribution < 1.29 is 9.59 Å². The number of hydrogen-bond acceptors (Lipinski definition) is 4. The number of likely N-dealkylation sites (tertiary alicyclic amines) is 1. The van der Waals surface area contributed by atoms with Crippen LogP contribution in [0.25, 0.3) is 0 Å². The van der Waals surface area contributed by atoms with Crippen LogP contribution >= 0.6 is 12.4 Å². The molecule has 1 fully saturated rings. The van der Waals surface area contributed by atoms with Gasteiger partial charge < -0.3 is 16.4 Å². The largest absolute Gasteiger partial charge is 0.357 e. The SMILES string of the molecule is CNC(=O)C(NC(=O)CN1C[C@@H](CN)[C@H](c2ccccc2)C1)c1ccccc1.Cl. The van der Waals surface area contributed by atoms with E-state index in [0.29, 0.717) is 18.4 Å². The van der Waals surface area contributed by atoms with Crippen LogP contribution < -0.4 is 16.4 Å². The smallest absolute Gasteiger partial charge is 0.246 e. The summed E-state index contributed by atoms with van der Waals surface area (Å²) >= 11 is 0. The number of likely N-dealkylation sites (N-methyl/N-ethyl adjacent to an activating group) is 1. The number of halogens is 1. The second-order valence-electron chi connectivity index (χ2n) is 7.23. The zero-order valence-electron chi connectivity index (χ0n) is 16.6. The van der Waals surface area contributed by atoms with Gasteiger partial charge >= 0.3 is 0 Å². The van der Waals surface area contributed by atoms with Crippen molar-refractivity contribution in [3.05, 3.63) is 71.8 Å². The molecule has 6 nitrogen and oxygen atoms in total. The van der Waals surface area contributed by atoms with Crippen molar-refractivity contribution in [2.45, 2.75) is 12.0 Å². The third-order valence-electron chi connectivity index (χ3n) is 5.36. The minimum Gasteiger partial charge on any atom is -0.357 e. The fraction of sp³-hybridized carbons (Fsp3) is 0.364. The Hall–Kier alpha value is -2.41. The van der Waals surface area contributed by atoms with Gasteiger partial charge in [-0.3, -0.25) is 14.5 Å². The molecule has 3 atom stereocenters. The first-order valence-corrected chi connectivity index (χ1v) is 9.65. The summed E-state index contributed by atoms with van der Waals surface area (Å²) in [5, 5.41) is 5.50. The fourth-order valence-corrected chi connectivity index (χ4v) is 3.91. The first-order valence-electron chi connectivity index (χ1n) is 9.65. The van der Waals surface area contributed by atoms with Crippen molar-refractivity contribution >= 4 is 24.2 Å². The minimum atomic E-state index is -0.698. The molecule has 3 rings (SSSR count). The quantitative estimate of drug-likeness (QED) is 0.641. The third-order valence-corrected chi connectivity index (χ3v) is 5.36. The third kappa shape index (κ3) is 5.79. The summed E-state index contributed by atoms with van der Waals surface area (Å²) in [6.07, 6.45) is 0. The first kappa shape index (κ1) is 22.9. The molecule has 0 spiro atoms. The van der Waals surface area contributed by atoms with Crippen LogP contribution in [0.2, 0.25) is 0 Å². The Morgan fingerprint density at radius 3 is 2.28 bits per heavy atom. The first-order chi connectivity index (χ1) is 13.6. The highest BCUT2D eigenvalue weighted by molar-refractivity contribution is 5.89. The number of nitrogens with zero attached hydrogens (tertiary/aromatic N) is 1. The molecule has 156 valence electrons. The molecule has 1 aliphatic rings. The lowest BCUT2D eigenvalue weighted by molar-refractivity contribution is -0.129. The number of amides is 2. The predicted molar refractivity (Wildman–Crippen MR) is 117 cm³/mol. The van der Waals surface area contributed by atoms with Crippen LogP contribution in [0.4, 0.5) is 0 Å². The molecule has 1 aliphatic heterocycles. The van der Waals surface area contributed by atoms with E-state index in [1.807, 2.05) is 48.5 Å². The van der Waals surface area contributed by atoms with Crippen molar-refractivity contribution in [2.75, 3.05) is 33.2 Å². The molecule has 0 aromatic heterocycles. The standard InChI is InChI=1S/C22H28N4O2.ClH/c1-24-22(28)21(17-10-6-3-7-11-17)25-20(27)15-26-13-18(12-23)19(14-26)16-8-4-2-5-9-16;/h2-11,18-19,21H,12-15,23H2,1H3,(H,24,28)(H,25,27);1H/t18-,19+,21?;/m1./s1. The topological polar surface area (TPSA) is 87.5 Å². The van der Waals surface area contributed by atoms with Gasteiger partial charge in [-0.1, -0.05) is 60.7 Å². The zero-order valence-corrected chi connectivity index (χ0v) is 17.4. The van der Waals surface area contributed by atoms with Gasteiger partial charge in [0.1, 0.15) is 6.04 Å². The van der Waals surface area contributed by atoms with Gasteiger partial charge in [-0.05, 0) is 23.6 Å². The summed E-state index contributed by atoms with van der Waals surface area (Å²) in [5.41, 5.74) is 8.01. The van der Waals surface area contributed by atoms with Gasteiger partial charge in [0.15, 0.2) is 0 Å². The fourth-order valence-electron chi connectivity index (χ4n) is 3.91. The predicted octanol–water partition coefficient (Wildman–Crippen LogP) is 1.69. The minimum absolute atomic E-state index is 0. The van der Waals surface area contributed by atoms with E-state index < -0.39 is 6.04 Å². The molecule has 4 N–H and O–H groups in total. The van der Waals surface area contributed by atoms with E-state index >= 15 is 0 Å². The molecule has 2 aromatic carbocycles. The number of benzene rings is 2. The Kier molecular flexibility index (Phi) is 8.64. The van der Waals surface area contributed by atoms with Crippen molar-refractivity contribution in [3.8, 4) is 0 Å². The maximum Gasteiger partial charge on any atom is 0.246 e. The van der Waals surface area contributed by atoms with Crippen LogP contribution in [0.15, 0.2) is 60.7 Å². The van der Waals surface area contributed by atoms with E-state index in [0.717, 1.165) is 18.7 Å². The molecule has 29 heavy (non-hydrogen) atoms. The van der Waals surface area contributed by atoms with Crippen LogP contribution in [-0.2, 0) is 9.59 Å². The highest BCUT2D eigenvalue weighted by Crippen LogP contribution is 2.31.